The Balaban J connectivity index is 3.15. The molecule has 1 amide bonds. The lowest BCUT2D eigenvalue weighted by atomic mass is 10.2. The monoisotopic (exact) mass is 284 g/mol. The van der Waals surface area contributed by atoms with E-state index in [0.29, 0.717) is 25.2 Å². The first-order valence-electron chi connectivity index (χ1n) is 6.35. The van der Waals surface area contributed by atoms with Crippen LogP contribution in [-0.4, -0.2) is 38.3 Å². The summed E-state index contributed by atoms with van der Waals surface area (Å²) < 4.78 is 26.0. The standard InChI is InChI=1S/C13H20N2O3S/c1-4-14-13(16)11-8-7-9-12(10-11)19(17,18)15(5-2)6-3/h7-10H,4-6H2,1-3H3,(H,14,16). The van der Waals surface area contributed by atoms with Crippen LogP contribution in [0.25, 0.3) is 0 Å². The number of nitrogens with one attached hydrogen (secondary N) is 1. The molecule has 5 nitrogen and oxygen atoms in total. The van der Waals surface area contributed by atoms with Crippen LogP contribution in [-0.2, 0) is 10.0 Å². The molecule has 0 saturated heterocycles. The maximum Gasteiger partial charge on any atom is 0.251 e. The van der Waals surface area contributed by atoms with Crippen LogP contribution in [0.4, 0.5) is 0 Å². The zero-order chi connectivity index (χ0) is 14.5. The highest BCUT2D eigenvalue weighted by Crippen LogP contribution is 2.16. The van der Waals surface area contributed by atoms with E-state index in [1.807, 2.05) is 6.92 Å². The van der Waals surface area contributed by atoms with Gasteiger partial charge in [-0.3, -0.25) is 4.79 Å². The van der Waals surface area contributed by atoms with E-state index in [9.17, 15) is 13.2 Å². The Morgan fingerprint density at radius 2 is 1.84 bits per heavy atom. The van der Waals surface area contributed by atoms with Gasteiger partial charge in [-0.05, 0) is 25.1 Å². The Morgan fingerprint density at radius 3 is 2.37 bits per heavy atom. The van der Waals surface area contributed by atoms with Crippen LogP contribution in [0.15, 0.2) is 29.2 Å². The Labute approximate surface area is 114 Å². The van der Waals surface area contributed by atoms with Gasteiger partial charge in [0.05, 0.1) is 4.90 Å². The molecule has 1 rings (SSSR count). The minimum atomic E-state index is -3.52. The first kappa shape index (κ1) is 15.7. The van der Waals surface area contributed by atoms with Gasteiger partial charge < -0.3 is 5.32 Å². The highest BCUT2D eigenvalue weighted by atomic mass is 32.2. The summed E-state index contributed by atoms with van der Waals surface area (Å²) in [4.78, 5) is 11.9. The van der Waals surface area contributed by atoms with Crippen LogP contribution < -0.4 is 5.32 Å². The van der Waals surface area contributed by atoms with Gasteiger partial charge in [-0.2, -0.15) is 4.31 Å². The first-order valence-corrected chi connectivity index (χ1v) is 7.79. The third-order valence-corrected chi connectivity index (χ3v) is 4.82. The van der Waals surface area contributed by atoms with Crippen molar-refractivity contribution in [2.45, 2.75) is 25.7 Å². The van der Waals surface area contributed by atoms with E-state index in [0.717, 1.165) is 0 Å². The minimum Gasteiger partial charge on any atom is -0.352 e. The van der Waals surface area contributed by atoms with Crippen LogP contribution in [0.2, 0.25) is 0 Å². The van der Waals surface area contributed by atoms with Crippen LogP contribution in [0.1, 0.15) is 31.1 Å². The number of nitrogens with zero attached hydrogens (tertiary/aromatic N) is 1. The number of carbonyl (C=O) groups is 1. The van der Waals surface area contributed by atoms with E-state index in [-0.39, 0.29) is 10.8 Å². The molecule has 0 spiro atoms. The van der Waals surface area contributed by atoms with E-state index >= 15 is 0 Å². The first-order chi connectivity index (χ1) is 8.97. The normalized spacial score (nSPS) is 11.6. The van der Waals surface area contributed by atoms with Crippen molar-refractivity contribution in [1.29, 1.82) is 0 Å². The quantitative estimate of drug-likeness (QED) is 0.860. The molecule has 0 aliphatic rings. The molecule has 0 heterocycles. The lowest BCUT2D eigenvalue weighted by molar-refractivity contribution is 0.0955. The van der Waals surface area contributed by atoms with Gasteiger partial charge >= 0.3 is 0 Å². The van der Waals surface area contributed by atoms with E-state index in [1.165, 1.54) is 16.4 Å². The van der Waals surface area contributed by atoms with Gasteiger partial charge in [0, 0.05) is 25.2 Å². The Hall–Kier alpha value is -1.40. The predicted octanol–water partition coefficient (Wildman–Crippen LogP) is 1.47. The molecule has 0 aliphatic carbocycles. The van der Waals surface area contributed by atoms with Crippen molar-refractivity contribution >= 4 is 15.9 Å². The number of hydrogen-bond acceptors (Lipinski definition) is 3. The Bertz CT molecular complexity index is 537. The van der Waals surface area contributed by atoms with E-state index < -0.39 is 10.0 Å². The third-order valence-electron chi connectivity index (χ3n) is 2.78. The SMILES string of the molecule is CCNC(=O)c1cccc(S(=O)(=O)N(CC)CC)c1. The third kappa shape index (κ3) is 3.54. The summed E-state index contributed by atoms with van der Waals surface area (Å²) in [6.07, 6.45) is 0. The van der Waals surface area contributed by atoms with Gasteiger partial charge in [-0.25, -0.2) is 8.42 Å². The molecule has 0 saturated carbocycles. The molecule has 0 fully saturated rings. The molecule has 19 heavy (non-hydrogen) atoms. The number of benzene rings is 1. The molecule has 0 aliphatic heterocycles. The number of rotatable bonds is 6. The molecule has 106 valence electrons. The number of carbonyl (C=O) groups excluding carboxylic acids is 1. The molecular formula is C13H20N2O3S. The van der Waals surface area contributed by atoms with E-state index in [4.69, 9.17) is 0 Å². The fourth-order valence-corrected chi connectivity index (χ4v) is 3.28. The highest BCUT2D eigenvalue weighted by molar-refractivity contribution is 7.89. The van der Waals surface area contributed by atoms with Crippen molar-refractivity contribution in [3.05, 3.63) is 29.8 Å². The van der Waals surface area contributed by atoms with Crippen molar-refractivity contribution < 1.29 is 13.2 Å². The second-order valence-corrected chi connectivity index (χ2v) is 5.91. The largest absolute Gasteiger partial charge is 0.352 e. The fourth-order valence-electron chi connectivity index (χ4n) is 1.77. The molecule has 6 heteroatoms. The molecule has 0 atom stereocenters. The average Bonchev–Trinajstić information content (AvgIpc) is 2.40. The lowest BCUT2D eigenvalue weighted by Gasteiger charge is -2.18. The number of hydrogen-bond donors (Lipinski definition) is 1. The minimum absolute atomic E-state index is 0.153. The number of amides is 1. The molecular weight excluding hydrogens is 264 g/mol. The van der Waals surface area contributed by atoms with Crippen LogP contribution >= 0.6 is 0 Å². The van der Waals surface area contributed by atoms with Gasteiger partial charge in [0.1, 0.15) is 0 Å². The smallest absolute Gasteiger partial charge is 0.251 e. The van der Waals surface area contributed by atoms with E-state index in [2.05, 4.69) is 5.32 Å². The molecule has 1 N–H and O–H groups in total. The maximum absolute atomic E-state index is 12.3. The van der Waals surface area contributed by atoms with Crippen molar-refractivity contribution in [2.75, 3.05) is 19.6 Å². The summed E-state index contributed by atoms with van der Waals surface area (Å²) in [6.45, 7) is 6.71. The van der Waals surface area contributed by atoms with Crippen LogP contribution in [0.5, 0.6) is 0 Å². The van der Waals surface area contributed by atoms with Crippen molar-refractivity contribution in [3.8, 4) is 0 Å². The van der Waals surface area contributed by atoms with Gasteiger partial charge in [0.25, 0.3) is 5.91 Å². The average molecular weight is 284 g/mol. The topological polar surface area (TPSA) is 66.5 Å². The summed E-state index contributed by atoms with van der Waals surface area (Å²) >= 11 is 0. The highest BCUT2D eigenvalue weighted by Gasteiger charge is 2.22. The van der Waals surface area contributed by atoms with Gasteiger partial charge in [0.15, 0.2) is 0 Å². The molecule has 0 unspecified atom stereocenters. The molecule has 0 bridgehead atoms. The zero-order valence-corrected chi connectivity index (χ0v) is 12.3. The van der Waals surface area contributed by atoms with Crippen LogP contribution in [0, 0.1) is 0 Å². The molecule has 1 aromatic carbocycles. The van der Waals surface area contributed by atoms with E-state index in [1.54, 1.807) is 26.0 Å². The van der Waals surface area contributed by atoms with Crippen molar-refractivity contribution in [1.82, 2.24) is 9.62 Å². The summed E-state index contributed by atoms with van der Waals surface area (Å²) in [6, 6.07) is 6.11. The molecule has 1 aromatic rings. The predicted molar refractivity (Wildman–Crippen MR) is 74.6 cm³/mol. The molecule has 0 aromatic heterocycles. The summed E-state index contributed by atoms with van der Waals surface area (Å²) in [5.41, 5.74) is 0.357. The van der Waals surface area contributed by atoms with Gasteiger partial charge in [-0.15, -0.1) is 0 Å². The fraction of sp³-hybridized carbons (Fsp3) is 0.462. The Kier molecular flexibility index (Phi) is 5.50. The second kappa shape index (κ2) is 6.68. The number of sulfonamides is 1. The summed E-state index contributed by atoms with van der Waals surface area (Å²) in [5.74, 6) is -0.265. The van der Waals surface area contributed by atoms with Crippen molar-refractivity contribution in [3.63, 3.8) is 0 Å². The Morgan fingerprint density at radius 1 is 1.21 bits per heavy atom. The zero-order valence-electron chi connectivity index (χ0n) is 11.5. The maximum atomic E-state index is 12.3. The van der Waals surface area contributed by atoms with Gasteiger partial charge in [0.2, 0.25) is 10.0 Å². The second-order valence-electron chi connectivity index (χ2n) is 3.98. The lowest BCUT2D eigenvalue weighted by Crippen LogP contribution is -2.31. The molecule has 0 radical (unpaired) electrons. The van der Waals surface area contributed by atoms with Crippen LogP contribution in [0.3, 0.4) is 0 Å². The summed E-state index contributed by atoms with van der Waals surface area (Å²) in [7, 11) is -3.52. The van der Waals surface area contributed by atoms with Crippen molar-refractivity contribution in [2.24, 2.45) is 0 Å². The van der Waals surface area contributed by atoms with Gasteiger partial charge in [-0.1, -0.05) is 19.9 Å². The summed E-state index contributed by atoms with van der Waals surface area (Å²) in [5, 5.41) is 2.65.